The number of carbonyl (C=O) groups excluding carboxylic acids is 2. The Morgan fingerprint density at radius 1 is 1.25 bits per heavy atom. The van der Waals surface area contributed by atoms with Crippen molar-refractivity contribution in [1.82, 2.24) is 15.2 Å². The molecule has 0 aliphatic heterocycles. The third-order valence-corrected chi connectivity index (χ3v) is 3.58. The van der Waals surface area contributed by atoms with Crippen LogP contribution in [-0.2, 0) is 20.6 Å². The first kappa shape index (κ1) is 21.1. The van der Waals surface area contributed by atoms with E-state index in [1.165, 1.54) is 26.2 Å². The third kappa shape index (κ3) is 5.15. The Morgan fingerprint density at radius 2 is 1.89 bits per heavy atom. The van der Waals surface area contributed by atoms with Crippen LogP contribution in [0.15, 0.2) is 46.7 Å². The molecule has 0 aliphatic carbocycles. The number of alkyl halides is 3. The SMILES string of the molecule is CON(C(=O)C=C=CC(C)=O)C(C)c1ccc(-c2noc(C(F)(F)F)n2)cc1. The molecule has 0 spiro atoms. The van der Waals surface area contributed by atoms with E-state index in [0.717, 1.165) is 17.2 Å². The molecular weight excluding hydrogens is 379 g/mol. The molecule has 1 atom stereocenters. The summed E-state index contributed by atoms with van der Waals surface area (Å²) in [6.07, 6.45) is -2.54. The lowest BCUT2D eigenvalue weighted by atomic mass is 10.1. The largest absolute Gasteiger partial charge is 0.471 e. The van der Waals surface area contributed by atoms with E-state index in [9.17, 15) is 22.8 Å². The highest BCUT2D eigenvalue weighted by atomic mass is 19.4. The summed E-state index contributed by atoms with van der Waals surface area (Å²) >= 11 is 0. The second kappa shape index (κ2) is 8.64. The second-order valence-corrected chi connectivity index (χ2v) is 5.63. The number of carbonyl (C=O) groups is 2. The number of hydroxylamine groups is 2. The third-order valence-electron chi connectivity index (χ3n) is 3.58. The molecule has 0 fully saturated rings. The van der Waals surface area contributed by atoms with Gasteiger partial charge in [-0.15, -0.1) is 5.73 Å². The van der Waals surface area contributed by atoms with Crippen LogP contribution >= 0.6 is 0 Å². The van der Waals surface area contributed by atoms with Gasteiger partial charge in [-0.1, -0.05) is 29.4 Å². The monoisotopic (exact) mass is 395 g/mol. The van der Waals surface area contributed by atoms with Gasteiger partial charge in [-0.25, -0.2) is 5.06 Å². The van der Waals surface area contributed by atoms with Gasteiger partial charge in [-0.05, 0) is 19.4 Å². The summed E-state index contributed by atoms with van der Waals surface area (Å²) in [5, 5.41) is 4.38. The normalized spacial score (nSPS) is 12.1. The molecule has 2 rings (SSSR count). The molecular formula is C18H16F3N3O4. The predicted molar refractivity (Wildman–Crippen MR) is 90.3 cm³/mol. The average Bonchev–Trinajstić information content (AvgIpc) is 3.12. The lowest BCUT2D eigenvalue weighted by Crippen LogP contribution is -2.31. The molecule has 1 amide bonds. The fourth-order valence-corrected chi connectivity index (χ4v) is 2.23. The topological polar surface area (TPSA) is 85.5 Å². The Labute approximate surface area is 158 Å². The highest BCUT2D eigenvalue weighted by molar-refractivity contribution is 5.90. The van der Waals surface area contributed by atoms with Crippen molar-refractivity contribution in [2.24, 2.45) is 0 Å². The summed E-state index contributed by atoms with van der Waals surface area (Å²) in [6, 6.07) is 5.66. The number of hydrogen-bond acceptors (Lipinski definition) is 6. The summed E-state index contributed by atoms with van der Waals surface area (Å²) in [4.78, 5) is 31.4. The molecule has 0 N–H and O–H groups in total. The van der Waals surface area contributed by atoms with Gasteiger partial charge in [0.25, 0.3) is 5.91 Å². The van der Waals surface area contributed by atoms with E-state index in [-0.39, 0.29) is 11.6 Å². The Bertz CT molecular complexity index is 913. The van der Waals surface area contributed by atoms with Gasteiger partial charge in [-0.2, -0.15) is 18.2 Å². The van der Waals surface area contributed by atoms with Crippen LogP contribution in [0.3, 0.4) is 0 Å². The van der Waals surface area contributed by atoms with Gasteiger partial charge in [0.15, 0.2) is 5.78 Å². The van der Waals surface area contributed by atoms with Crippen LogP contribution < -0.4 is 0 Å². The van der Waals surface area contributed by atoms with Gasteiger partial charge in [0.2, 0.25) is 5.82 Å². The first-order chi connectivity index (χ1) is 13.1. The van der Waals surface area contributed by atoms with E-state index in [1.54, 1.807) is 19.1 Å². The van der Waals surface area contributed by atoms with Gasteiger partial charge in [0, 0.05) is 17.7 Å². The molecule has 1 aromatic heterocycles. The van der Waals surface area contributed by atoms with Crippen LogP contribution in [0.1, 0.15) is 31.3 Å². The molecule has 7 nitrogen and oxygen atoms in total. The molecule has 0 bridgehead atoms. The van der Waals surface area contributed by atoms with Crippen LogP contribution in [-0.4, -0.2) is 34.0 Å². The lowest BCUT2D eigenvalue weighted by Gasteiger charge is -2.25. The summed E-state index contributed by atoms with van der Waals surface area (Å²) in [5.74, 6) is -2.43. The molecule has 0 saturated carbocycles. The number of aromatic nitrogens is 2. The molecule has 0 saturated heterocycles. The summed E-state index contributed by atoms with van der Waals surface area (Å²) < 4.78 is 41.8. The number of amides is 1. The van der Waals surface area contributed by atoms with Crippen molar-refractivity contribution in [3.8, 4) is 11.4 Å². The van der Waals surface area contributed by atoms with Crippen LogP contribution in [0.2, 0.25) is 0 Å². The number of nitrogens with zero attached hydrogens (tertiary/aromatic N) is 3. The number of hydrogen-bond donors (Lipinski definition) is 0. The van der Waals surface area contributed by atoms with Gasteiger partial charge in [-0.3, -0.25) is 14.4 Å². The second-order valence-electron chi connectivity index (χ2n) is 5.63. The number of rotatable bonds is 6. The van der Waals surface area contributed by atoms with E-state index < -0.39 is 24.0 Å². The van der Waals surface area contributed by atoms with Gasteiger partial charge < -0.3 is 4.52 Å². The molecule has 0 radical (unpaired) electrons. The molecule has 1 unspecified atom stereocenters. The predicted octanol–water partition coefficient (Wildman–Crippen LogP) is 3.51. The van der Waals surface area contributed by atoms with E-state index in [0.29, 0.717) is 11.1 Å². The van der Waals surface area contributed by atoms with Crippen LogP contribution in [0.25, 0.3) is 11.4 Å². The van der Waals surface area contributed by atoms with Crippen molar-refractivity contribution in [3.63, 3.8) is 0 Å². The Kier molecular flexibility index (Phi) is 6.50. The quantitative estimate of drug-likeness (QED) is 0.423. The maximum absolute atomic E-state index is 12.5. The number of ketones is 1. The zero-order valence-corrected chi connectivity index (χ0v) is 15.1. The highest BCUT2D eigenvalue weighted by Gasteiger charge is 2.38. The smallest absolute Gasteiger partial charge is 0.329 e. The Balaban J connectivity index is 2.19. The molecule has 148 valence electrons. The number of benzene rings is 1. The molecule has 0 aliphatic rings. The van der Waals surface area contributed by atoms with Gasteiger partial charge in [0.05, 0.1) is 13.2 Å². The van der Waals surface area contributed by atoms with E-state index in [2.05, 4.69) is 20.4 Å². The Hall–Kier alpha value is -3.23. The van der Waals surface area contributed by atoms with Crippen molar-refractivity contribution < 1.29 is 32.1 Å². The van der Waals surface area contributed by atoms with Crippen molar-refractivity contribution in [2.45, 2.75) is 26.1 Å². The fourth-order valence-electron chi connectivity index (χ4n) is 2.23. The van der Waals surface area contributed by atoms with Crippen LogP contribution in [0.4, 0.5) is 13.2 Å². The minimum absolute atomic E-state index is 0.205. The lowest BCUT2D eigenvalue weighted by molar-refractivity contribution is -0.182. The summed E-state index contributed by atoms with van der Waals surface area (Å²) in [6.45, 7) is 3.01. The number of halogens is 3. The van der Waals surface area contributed by atoms with E-state index >= 15 is 0 Å². The van der Waals surface area contributed by atoms with Gasteiger partial charge >= 0.3 is 12.1 Å². The van der Waals surface area contributed by atoms with Crippen LogP contribution in [0, 0.1) is 0 Å². The summed E-state index contributed by atoms with van der Waals surface area (Å²) in [7, 11) is 1.31. The maximum atomic E-state index is 12.5. The standard InChI is InChI=1S/C18H16F3N3O4/c1-11(25)5-4-6-15(26)24(27-3)12(2)13-7-9-14(10-8-13)16-22-17(28-23-16)18(19,20)21/h5-10,12H,1-3H3. The van der Waals surface area contributed by atoms with Crippen molar-refractivity contribution >= 4 is 11.7 Å². The van der Waals surface area contributed by atoms with Crippen molar-refractivity contribution in [1.29, 1.82) is 0 Å². The molecule has 1 heterocycles. The van der Waals surface area contributed by atoms with Crippen LogP contribution in [0.5, 0.6) is 0 Å². The first-order valence-electron chi connectivity index (χ1n) is 7.95. The minimum Gasteiger partial charge on any atom is -0.329 e. The van der Waals surface area contributed by atoms with Crippen molar-refractivity contribution in [3.05, 3.63) is 53.6 Å². The molecule has 28 heavy (non-hydrogen) atoms. The highest BCUT2D eigenvalue weighted by Crippen LogP contribution is 2.30. The van der Waals surface area contributed by atoms with Gasteiger partial charge in [0.1, 0.15) is 0 Å². The Morgan fingerprint density at radius 3 is 2.39 bits per heavy atom. The first-order valence-corrected chi connectivity index (χ1v) is 7.95. The molecule has 1 aromatic carbocycles. The zero-order chi connectivity index (χ0) is 20.9. The minimum atomic E-state index is -4.72. The van der Waals surface area contributed by atoms with E-state index in [1.807, 2.05) is 0 Å². The fraction of sp³-hybridized carbons (Fsp3) is 0.278. The molecule has 10 heteroatoms. The zero-order valence-electron chi connectivity index (χ0n) is 15.1. The molecule has 2 aromatic rings. The average molecular weight is 395 g/mol. The van der Waals surface area contributed by atoms with Crippen molar-refractivity contribution in [2.75, 3.05) is 7.11 Å². The summed E-state index contributed by atoms with van der Waals surface area (Å²) in [5.41, 5.74) is 3.42. The van der Waals surface area contributed by atoms with E-state index in [4.69, 9.17) is 4.84 Å². The maximum Gasteiger partial charge on any atom is 0.471 e.